The van der Waals surface area contributed by atoms with Gasteiger partial charge < -0.3 is 35.5 Å². The van der Waals surface area contributed by atoms with Gasteiger partial charge in [-0.25, -0.2) is 13.8 Å². The number of fused-ring (bicyclic) bond motifs is 1. The number of ether oxygens (including phenoxy) is 3. The Hall–Kier alpha value is -4.50. The van der Waals surface area contributed by atoms with Crippen LogP contribution in [0.5, 0.6) is 17.2 Å². The van der Waals surface area contributed by atoms with E-state index in [-0.39, 0.29) is 46.8 Å². The molecule has 2 heterocycles. The first-order valence-electron chi connectivity index (χ1n) is 14.2. The Morgan fingerprint density at radius 1 is 1.15 bits per heavy atom. The average molecular weight is 652 g/mol. The molecule has 10 nitrogen and oxygen atoms in total. The van der Waals surface area contributed by atoms with Crippen LogP contribution in [-0.2, 0) is 15.8 Å². The van der Waals surface area contributed by atoms with Crippen LogP contribution in [0.4, 0.5) is 22.0 Å². The summed E-state index contributed by atoms with van der Waals surface area (Å²) in [4.78, 5) is 29.5. The van der Waals surface area contributed by atoms with Gasteiger partial charge in [0.05, 0.1) is 24.4 Å². The van der Waals surface area contributed by atoms with Crippen LogP contribution in [-0.4, -0.2) is 71.8 Å². The predicted octanol–water partition coefficient (Wildman–Crippen LogP) is 3.45. The molecular formula is C31H30F5N3O7. The Balaban J connectivity index is 1.52. The molecule has 0 radical (unpaired) electrons. The molecule has 1 aliphatic carbocycles. The van der Waals surface area contributed by atoms with Crippen molar-refractivity contribution in [2.45, 2.75) is 49.2 Å². The summed E-state index contributed by atoms with van der Waals surface area (Å²) in [7, 11) is 0. The number of alkyl halides is 4. The van der Waals surface area contributed by atoms with Crippen LogP contribution < -0.4 is 25.3 Å². The van der Waals surface area contributed by atoms with Gasteiger partial charge in [0.1, 0.15) is 42.6 Å². The van der Waals surface area contributed by atoms with Crippen molar-refractivity contribution in [3.63, 3.8) is 0 Å². The normalized spacial score (nSPS) is 19.4. The minimum atomic E-state index is -5.47. The Morgan fingerprint density at radius 3 is 2.43 bits per heavy atom. The zero-order valence-electron chi connectivity index (χ0n) is 24.4. The van der Waals surface area contributed by atoms with Crippen LogP contribution in [0, 0.1) is 5.82 Å². The van der Waals surface area contributed by atoms with Crippen molar-refractivity contribution < 1.29 is 56.0 Å². The molecule has 2 aliphatic rings. The zero-order chi connectivity index (χ0) is 33.4. The Labute approximate surface area is 259 Å². The molecule has 0 bridgehead atoms. The number of pyridine rings is 1. The maximum atomic E-state index is 14.7. The molecule has 246 valence electrons. The minimum Gasteiger partial charge on any atom is -0.489 e. The number of nitrogens with zero attached hydrogens (tertiary/aromatic N) is 1. The largest absolute Gasteiger partial charge is 0.489 e. The van der Waals surface area contributed by atoms with E-state index in [2.05, 4.69) is 10.3 Å². The van der Waals surface area contributed by atoms with E-state index in [1.54, 1.807) is 0 Å². The smallest absolute Gasteiger partial charge is 0.424 e. The van der Waals surface area contributed by atoms with Gasteiger partial charge in [-0.2, -0.15) is 13.2 Å². The first kappa shape index (κ1) is 32.9. The number of nitrogens with two attached hydrogens (primary N) is 1. The molecular weight excluding hydrogens is 621 g/mol. The lowest BCUT2D eigenvalue weighted by Crippen LogP contribution is -2.52. The van der Waals surface area contributed by atoms with Crippen LogP contribution in [0.1, 0.15) is 41.4 Å². The van der Waals surface area contributed by atoms with Gasteiger partial charge in [-0.15, -0.1) is 0 Å². The molecule has 1 unspecified atom stereocenters. The number of benzene rings is 2. The van der Waals surface area contributed by atoms with E-state index in [0.29, 0.717) is 6.07 Å². The fourth-order valence-electron chi connectivity index (χ4n) is 4.79. The fourth-order valence-corrected chi connectivity index (χ4v) is 4.79. The first-order valence-corrected chi connectivity index (χ1v) is 14.2. The minimum absolute atomic E-state index is 0.0354. The Morgan fingerprint density at radius 2 is 1.85 bits per heavy atom. The van der Waals surface area contributed by atoms with Gasteiger partial charge in [0.15, 0.2) is 11.5 Å². The third-order valence-electron chi connectivity index (χ3n) is 7.67. The molecule has 46 heavy (non-hydrogen) atoms. The van der Waals surface area contributed by atoms with Crippen molar-refractivity contribution in [3.05, 3.63) is 71.2 Å². The zero-order valence-corrected chi connectivity index (χ0v) is 24.4. The number of aliphatic hydroxyl groups excluding tert-OH is 1. The third-order valence-corrected chi connectivity index (χ3v) is 7.67. The highest BCUT2D eigenvalue weighted by Crippen LogP contribution is 2.48. The number of aliphatic hydroxyl groups is 2. The molecule has 5 rings (SSSR count). The van der Waals surface area contributed by atoms with Crippen LogP contribution in [0.25, 0.3) is 11.3 Å². The predicted molar refractivity (Wildman–Crippen MR) is 152 cm³/mol. The number of aromatic nitrogens is 1. The molecule has 3 atom stereocenters. The third kappa shape index (κ3) is 6.29. The molecule has 2 aromatic carbocycles. The van der Waals surface area contributed by atoms with Crippen molar-refractivity contribution >= 4 is 11.8 Å². The number of hydrogen-bond donors (Lipinski definition) is 4. The second kappa shape index (κ2) is 12.4. The molecule has 2 amide bonds. The van der Waals surface area contributed by atoms with Crippen molar-refractivity contribution in [2.75, 3.05) is 26.4 Å². The van der Waals surface area contributed by atoms with E-state index in [4.69, 9.17) is 19.9 Å². The van der Waals surface area contributed by atoms with Crippen LogP contribution in [0.3, 0.4) is 0 Å². The van der Waals surface area contributed by atoms with Gasteiger partial charge in [-0.3, -0.25) is 9.59 Å². The van der Waals surface area contributed by atoms with Crippen LogP contribution in [0.2, 0.25) is 0 Å². The maximum Gasteiger partial charge on any atom is 0.424 e. The van der Waals surface area contributed by atoms with Gasteiger partial charge in [-0.1, -0.05) is 0 Å². The molecule has 5 N–H and O–H groups in total. The van der Waals surface area contributed by atoms with Crippen molar-refractivity contribution in [2.24, 2.45) is 5.73 Å². The SMILES string of the molecule is C[C@@H](O)COc1ccc(C(=O)NCC(O)(c2cc3c(c(-c4ccc(F)cc4)n2)OC[C@]3(CF)C(N)=O)C(F)(F)F)cc1OC1CC1. The topological polar surface area (TPSA) is 153 Å². The van der Waals surface area contributed by atoms with Gasteiger partial charge in [0, 0.05) is 16.7 Å². The Bertz CT molecular complexity index is 1630. The lowest BCUT2D eigenvalue weighted by atomic mass is 9.81. The van der Waals surface area contributed by atoms with Gasteiger partial charge >= 0.3 is 6.18 Å². The molecule has 1 saturated carbocycles. The highest BCUT2D eigenvalue weighted by atomic mass is 19.4. The maximum absolute atomic E-state index is 14.7. The molecule has 1 aromatic heterocycles. The van der Waals surface area contributed by atoms with Gasteiger partial charge in [0.2, 0.25) is 11.5 Å². The fraction of sp³-hybridized carbons (Fsp3) is 0.387. The summed E-state index contributed by atoms with van der Waals surface area (Å²) in [5.74, 6) is -2.84. The molecule has 1 fully saturated rings. The summed E-state index contributed by atoms with van der Waals surface area (Å²) in [6, 6.07) is 8.91. The van der Waals surface area contributed by atoms with E-state index < -0.39 is 72.0 Å². The average Bonchev–Trinajstić information content (AvgIpc) is 3.74. The van der Waals surface area contributed by atoms with Crippen molar-refractivity contribution in [1.82, 2.24) is 10.3 Å². The number of amides is 2. The molecule has 15 heteroatoms. The molecule has 0 spiro atoms. The van der Waals surface area contributed by atoms with E-state index in [0.717, 1.165) is 25.0 Å². The second-order valence-electron chi connectivity index (χ2n) is 11.3. The van der Waals surface area contributed by atoms with Gasteiger partial charge in [0.25, 0.3) is 5.91 Å². The lowest BCUT2D eigenvalue weighted by molar-refractivity contribution is -0.265. The van der Waals surface area contributed by atoms with E-state index in [1.165, 1.54) is 37.3 Å². The number of hydrogen-bond acceptors (Lipinski definition) is 8. The van der Waals surface area contributed by atoms with E-state index in [1.807, 2.05) is 0 Å². The molecule has 0 saturated heterocycles. The quantitative estimate of drug-likeness (QED) is 0.217. The lowest BCUT2D eigenvalue weighted by Gasteiger charge is -2.31. The molecule has 3 aromatic rings. The first-order chi connectivity index (χ1) is 21.7. The van der Waals surface area contributed by atoms with Crippen molar-refractivity contribution in [1.29, 1.82) is 0 Å². The molecule has 1 aliphatic heterocycles. The summed E-state index contributed by atoms with van der Waals surface area (Å²) < 4.78 is 88.9. The van der Waals surface area contributed by atoms with Gasteiger partial charge in [-0.05, 0) is 68.3 Å². The van der Waals surface area contributed by atoms with Crippen LogP contribution in [0.15, 0.2) is 48.5 Å². The highest BCUT2D eigenvalue weighted by Gasteiger charge is 2.58. The Kier molecular flexibility index (Phi) is 8.84. The summed E-state index contributed by atoms with van der Waals surface area (Å²) in [5.41, 5.74) is -2.53. The summed E-state index contributed by atoms with van der Waals surface area (Å²) >= 11 is 0. The summed E-state index contributed by atoms with van der Waals surface area (Å²) in [6.45, 7) is -2.13. The van der Waals surface area contributed by atoms with E-state index >= 15 is 0 Å². The number of halogens is 5. The number of rotatable bonds is 12. The van der Waals surface area contributed by atoms with Crippen molar-refractivity contribution in [3.8, 4) is 28.5 Å². The standard InChI is InChI=1S/C31H30F5N3O7/c1-16(40)12-44-22-9-4-18(10-23(22)46-20-7-8-20)27(41)38-14-30(43,31(34,35)36)24-11-21-26(45-15-29(21,13-32)28(37)42)25(39-24)17-2-5-19(33)6-3-17/h2-6,9-11,16,20,40,43H,7-8,12-15H2,1H3,(H2,37,42)(H,38,41)/t16-,29+,30?/m1/s1. The van der Waals surface area contributed by atoms with Crippen LogP contribution >= 0.6 is 0 Å². The monoisotopic (exact) mass is 651 g/mol. The number of nitrogens with one attached hydrogen (secondary N) is 1. The van der Waals surface area contributed by atoms with E-state index in [9.17, 15) is 41.8 Å². The highest BCUT2D eigenvalue weighted by molar-refractivity contribution is 5.95. The summed E-state index contributed by atoms with van der Waals surface area (Å²) in [5, 5.41) is 22.8. The second-order valence-corrected chi connectivity index (χ2v) is 11.3. The number of carbonyl (C=O) groups is 2. The number of carbonyl (C=O) groups excluding carboxylic acids is 2. The number of primary amides is 1. The summed E-state index contributed by atoms with van der Waals surface area (Å²) in [6.07, 6.45) is -4.90.